The van der Waals surface area contributed by atoms with Crippen molar-refractivity contribution in [2.45, 2.75) is 22.3 Å². The van der Waals surface area contributed by atoms with E-state index in [1.165, 1.54) is 48.5 Å². The standard InChI is InChI=1S/C21H21N3O3S/c22-16-6-10-18(11-7-16)28(26,27)19-12-8-17(9-13-19)24-21(25)20(23)14-15-4-2-1-3-5-15/h1-13,20H,14,22-23H2,(H,24,25)/t20-/m1/s1. The molecular weight excluding hydrogens is 374 g/mol. The average Bonchev–Trinajstić information content (AvgIpc) is 2.69. The molecule has 7 heteroatoms. The fourth-order valence-corrected chi connectivity index (χ4v) is 3.96. The normalized spacial score (nSPS) is 12.3. The number of nitrogens with two attached hydrogens (primary N) is 2. The van der Waals surface area contributed by atoms with Crippen molar-refractivity contribution in [3.05, 3.63) is 84.4 Å². The molecule has 0 saturated carbocycles. The lowest BCUT2D eigenvalue weighted by molar-refractivity contribution is -0.117. The van der Waals surface area contributed by atoms with Crippen LogP contribution < -0.4 is 16.8 Å². The Hall–Kier alpha value is -3.16. The van der Waals surface area contributed by atoms with Gasteiger partial charge in [-0.05, 0) is 60.5 Å². The summed E-state index contributed by atoms with van der Waals surface area (Å²) in [5.74, 6) is -0.335. The molecule has 0 radical (unpaired) electrons. The number of carbonyl (C=O) groups excluding carboxylic acids is 1. The lowest BCUT2D eigenvalue weighted by Crippen LogP contribution is -2.37. The van der Waals surface area contributed by atoms with E-state index >= 15 is 0 Å². The molecule has 144 valence electrons. The van der Waals surface area contributed by atoms with Crippen LogP contribution in [0.3, 0.4) is 0 Å². The van der Waals surface area contributed by atoms with Crippen LogP contribution in [0.25, 0.3) is 0 Å². The first-order valence-corrected chi connectivity index (χ1v) is 10.2. The molecule has 0 spiro atoms. The molecule has 3 aromatic rings. The van der Waals surface area contributed by atoms with Crippen LogP contribution in [0, 0.1) is 0 Å². The maximum Gasteiger partial charge on any atom is 0.241 e. The molecule has 0 unspecified atom stereocenters. The van der Waals surface area contributed by atoms with E-state index < -0.39 is 15.9 Å². The number of sulfone groups is 1. The van der Waals surface area contributed by atoms with Gasteiger partial charge in [0.05, 0.1) is 15.8 Å². The maximum absolute atomic E-state index is 12.6. The van der Waals surface area contributed by atoms with Gasteiger partial charge >= 0.3 is 0 Å². The number of nitrogens with one attached hydrogen (secondary N) is 1. The predicted molar refractivity (Wildman–Crippen MR) is 109 cm³/mol. The molecule has 0 aliphatic heterocycles. The molecule has 3 rings (SSSR count). The summed E-state index contributed by atoms with van der Waals surface area (Å²) in [6, 6.07) is 20.8. The third-order valence-corrected chi connectivity index (χ3v) is 6.04. The summed E-state index contributed by atoms with van der Waals surface area (Å²) in [5, 5.41) is 2.71. The van der Waals surface area contributed by atoms with Crippen LogP contribution in [0.15, 0.2) is 88.7 Å². The summed E-state index contributed by atoms with van der Waals surface area (Å²) >= 11 is 0. The zero-order valence-corrected chi connectivity index (χ0v) is 15.9. The molecule has 0 aromatic heterocycles. The minimum Gasteiger partial charge on any atom is -0.399 e. The molecule has 0 aliphatic rings. The van der Waals surface area contributed by atoms with Crippen molar-refractivity contribution in [2.24, 2.45) is 5.73 Å². The van der Waals surface area contributed by atoms with Crippen LogP contribution in [-0.4, -0.2) is 20.4 Å². The monoisotopic (exact) mass is 395 g/mol. The lowest BCUT2D eigenvalue weighted by atomic mass is 10.1. The number of anilines is 2. The first-order chi connectivity index (χ1) is 13.4. The summed E-state index contributed by atoms with van der Waals surface area (Å²) in [6.07, 6.45) is 0.413. The second kappa shape index (κ2) is 8.24. The second-order valence-electron chi connectivity index (χ2n) is 6.38. The number of amides is 1. The van der Waals surface area contributed by atoms with Gasteiger partial charge in [0.15, 0.2) is 0 Å². The quantitative estimate of drug-likeness (QED) is 0.555. The smallest absolute Gasteiger partial charge is 0.241 e. The molecule has 0 saturated heterocycles. The van der Waals surface area contributed by atoms with Crippen LogP contribution in [0.5, 0.6) is 0 Å². The van der Waals surface area contributed by atoms with E-state index in [0.717, 1.165) is 5.56 Å². The Morgan fingerprint density at radius 2 is 1.39 bits per heavy atom. The number of nitrogen functional groups attached to an aromatic ring is 1. The van der Waals surface area contributed by atoms with Crippen molar-refractivity contribution in [3.8, 4) is 0 Å². The van der Waals surface area contributed by atoms with Crippen molar-refractivity contribution >= 4 is 27.1 Å². The second-order valence-corrected chi connectivity index (χ2v) is 8.33. The number of hydrogen-bond acceptors (Lipinski definition) is 5. The zero-order chi connectivity index (χ0) is 20.1. The van der Waals surface area contributed by atoms with Crippen LogP contribution in [0.1, 0.15) is 5.56 Å². The molecule has 0 bridgehead atoms. The highest BCUT2D eigenvalue weighted by Gasteiger charge is 2.18. The number of benzene rings is 3. The first kappa shape index (κ1) is 19.6. The van der Waals surface area contributed by atoms with Crippen molar-refractivity contribution in [1.82, 2.24) is 0 Å². The molecule has 1 atom stereocenters. The molecule has 5 N–H and O–H groups in total. The Balaban J connectivity index is 1.68. The van der Waals surface area contributed by atoms with Crippen LogP contribution in [0.2, 0.25) is 0 Å². The third kappa shape index (κ3) is 4.57. The van der Waals surface area contributed by atoms with Gasteiger partial charge in [0.25, 0.3) is 0 Å². The Morgan fingerprint density at radius 3 is 1.96 bits per heavy atom. The Morgan fingerprint density at radius 1 is 0.857 bits per heavy atom. The van der Waals surface area contributed by atoms with E-state index in [2.05, 4.69) is 5.32 Å². The van der Waals surface area contributed by atoms with Gasteiger partial charge in [0.2, 0.25) is 15.7 Å². The molecule has 0 aliphatic carbocycles. The molecule has 28 heavy (non-hydrogen) atoms. The summed E-state index contributed by atoms with van der Waals surface area (Å²) in [6.45, 7) is 0. The van der Waals surface area contributed by atoms with Gasteiger partial charge in [-0.2, -0.15) is 0 Å². The van der Waals surface area contributed by atoms with Gasteiger partial charge < -0.3 is 16.8 Å². The minimum absolute atomic E-state index is 0.129. The predicted octanol–water partition coefficient (Wildman–Crippen LogP) is 2.61. The molecule has 0 fully saturated rings. The SMILES string of the molecule is Nc1ccc(S(=O)(=O)c2ccc(NC(=O)[C@H](N)Cc3ccccc3)cc2)cc1. The van der Waals surface area contributed by atoms with Crippen LogP contribution >= 0.6 is 0 Å². The number of carbonyl (C=O) groups is 1. The summed E-state index contributed by atoms with van der Waals surface area (Å²) < 4.78 is 25.3. The van der Waals surface area contributed by atoms with Gasteiger partial charge in [-0.1, -0.05) is 30.3 Å². The van der Waals surface area contributed by atoms with Gasteiger partial charge in [-0.3, -0.25) is 4.79 Å². The zero-order valence-electron chi connectivity index (χ0n) is 15.1. The Labute approximate surface area is 164 Å². The molecule has 6 nitrogen and oxygen atoms in total. The summed E-state index contributed by atoms with van der Waals surface area (Å²) in [5.41, 5.74) is 13.5. The van der Waals surface area contributed by atoms with Crippen molar-refractivity contribution in [3.63, 3.8) is 0 Å². The maximum atomic E-state index is 12.6. The van der Waals surface area contributed by atoms with E-state index in [-0.39, 0.29) is 15.7 Å². The number of hydrogen-bond donors (Lipinski definition) is 3. The molecular formula is C21H21N3O3S. The third-order valence-electron chi connectivity index (χ3n) is 4.26. The van der Waals surface area contributed by atoms with E-state index in [4.69, 9.17) is 11.5 Å². The van der Waals surface area contributed by atoms with Gasteiger partial charge in [0.1, 0.15) is 0 Å². The van der Waals surface area contributed by atoms with Crippen LogP contribution in [0.4, 0.5) is 11.4 Å². The molecule has 1 amide bonds. The van der Waals surface area contributed by atoms with Gasteiger partial charge in [-0.25, -0.2) is 8.42 Å². The highest BCUT2D eigenvalue weighted by molar-refractivity contribution is 7.91. The van der Waals surface area contributed by atoms with E-state index in [0.29, 0.717) is 17.8 Å². The fourth-order valence-electron chi connectivity index (χ4n) is 2.70. The minimum atomic E-state index is -3.65. The van der Waals surface area contributed by atoms with E-state index in [9.17, 15) is 13.2 Å². The van der Waals surface area contributed by atoms with Crippen molar-refractivity contribution in [2.75, 3.05) is 11.1 Å². The van der Waals surface area contributed by atoms with E-state index in [1.54, 1.807) is 0 Å². The highest BCUT2D eigenvalue weighted by atomic mass is 32.2. The topological polar surface area (TPSA) is 115 Å². The van der Waals surface area contributed by atoms with Crippen LogP contribution in [-0.2, 0) is 21.1 Å². The average molecular weight is 395 g/mol. The molecule has 0 heterocycles. The summed E-state index contributed by atoms with van der Waals surface area (Å²) in [7, 11) is -3.65. The Bertz CT molecular complexity index is 1050. The Kier molecular flexibility index (Phi) is 5.77. The highest BCUT2D eigenvalue weighted by Crippen LogP contribution is 2.23. The number of rotatable bonds is 6. The fraction of sp³-hybridized carbons (Fsp3) is 0.0952. The lowest BCUT2D eigenvalue weighted by Gasteiger charge is -2.13. The first-order valence-electron chi connectivity index (χ1n) is 8.67. The largest absolute Gasteiger partial charge is 0.399 e. The summed E-state index contributed by atoms with van der Waals surface area (Å²) in [4.78, 5) is 12.6. The van der Waals surface area contributed by atoms with Gasteiger partial charge in [0, 0.05) is 11.4 Å². The van der Waals surface area contributed by atoms with Crippen molar-refractivity contribution in [1.29, 1.82) is 0 Å². The van der Waals surface area contributed by atoms with Gasteiger partial charge in [-0.15, -0.1) is 0 Å². The van der Waals surface area contributed by atoms with E-state index in [1.807, 2.05) is 30.3 Å². The van der Waals surface area contributed by atoms with Crippen molar-refractivity contribution < 1.29 is 13.2 Å². The molecule has 3 aromatic carbocycles.